The summed E-state index contributed by atoms with van der Waals surface area (Å²) in [6, 6.07) is 4.65. The number of halogens is 5. The fraction of sp³-hybridized carbons (Fsp3) is 0.538. The lowest BCUT2D eigenvalue weighted by molar-refractivity contribution is -0.274. The molecular weight excluding hydrogens is 373 g/mol. The maximum Gasteiger partial charge on any atom is 0.573 e. The van der Waals surface area contributed by atoms with E-state index >= 15 is 0 Å². The average Bonchev–Trinajstić information content (AvgIpc) is 2.36. The zero-order valence-electron chi connectivity index (χ0n) is 11.4. The van der Waals surface area contributed by atoms with Crippen LogP contribution in [-0.4, -0.2) is 37.4 Å². The molecule has 0 spiro atoms. The first-order valence-electron chi connectivity index (χ1n) is 6.36. The summed E-state index contributed by atoms with van der Waals surface area (Å²) in [6.45, 7) is 5.53. The van der Waals surface area contributed by atoms with Crippen LogP contribution in [0.4, 0.5) is 13.2 Å². The summed E-state index contributed by atoms with van der Waals surface area (Å²) >= 11 is 3.23. The largest absolute Gasteiger partial charge is 0.573 e. The van der Waals surface area contributed by atoms with E-state index in [2.05, 4.69) is 30.9 Å². The van der Waals surface area contributed by atoms with Crippen molar-refractivity contribution in [1.82, 2.24) is 10.2 Å². The van der Waals surface area contributed by atoms with Crippen molar-refractivity contribution >= 4 is 28.3 Å². The quantitative estimate of drug-likeness (QED) is 0.852. The van der Waals surface area contributed by atoms with E-state index in [1.165, 1.54) is 12.1 Å². The van der Waals surface area contributed by atoms with Crippen molar-refractivity contribution in [3.05, 3.63) is 28.2 Å². The molecular formula is C13H17BrClF3N2O. The molecule has 0 saturated carbocycles. The molecule has 1 aliphatic rings. The third-order valence-corrected chi connectivity index (χ3v) is 3.77. The normalized spacial score (nSPS) is 18.0. The third-order valence-electron chi connectivity index (χ3n) is 3.31. The number of hydrogen-bond acceptors (Lipinski definition) is 3. The second-order valence-electron chi connectivity index (χ2n) is 4.73. The minimum atomic E-state index is -4.67. The highest BCUT2D eigenvalue weighted by Crippen LogP contribution is 2.31. The monoisotopic (exact) mass is 388 g/mol. The van der Waals surface area contributed by atoms with Crippen molar-refractivity contribution in [2.45, 2.75) is 19.3 Å². The molecule has 0 radical (unpaired) electrons. The first-order valence-corrected chi connectivity index (χ1v) is 7.15. The Hall–Kier alpha value is -0.500. The van der Waals surface area contributed by atoms with Crippen LogP contribution in [0.15, 0.2) is 22.7 Å². The molecule has 1 fully saturated rings. The summed E-state index contributed by atoms with van der Waals surface area (Å²) in [5.41, 5.74) is 0.806. The van der Waals surface area contributed by atoms with Crippen LogP contribution >= 0.6 is 28.3 Å². The van der Waals surface area contributed by atoms with E-state index in [-0.39, 0.29) is 24.2 Å². The van der Waals surface area contributed by atoms with E-state index in [9.17, 15) is 13.2 Å². The van der Waals surface area contributed by atoms with Crippen LogP contribution in [0.1, 0.15) is 18.5 Å². The lowest BCUT2D eigenvalue weighted by Gasteiger charge is -2.33. The van der Waals surface area contributed by atoms with Crippen LogP contribution in [0.2, 0.25) is 0 Å². The number of alkyl halides is 3. The van der Waals surface area contributed by atoms with Gasteiger partial charge in [-0.1, -0.05) is 15.9 Å². The molecule has 0 aromatic heterocycles. The Morgan fingerprint density at radius 3 is 2.43 bits per heavy atom. The number of nitrogens with one attached hydrogen (secondary N) is 1. The molecule has 8 heteroatoms. The highest BCUT2D eigenvalue weighted by Gasteiger charge is 2.31. The van der Waals surface area contributed by atoms with Crippen molar-refractivity contribution in [1.29, 1.82) is 0 Å². The molecule has 3 nitrogen and oxygen atoms in total. The molecule has 0 unspecified atom stereocenters. The number of ether oxygens (including phenoxy) is 1. The smallest absolute Gasteiger partial charge is 0.406 e. The van der Waals surface area contributed by atoms with Gasteiger partial charge in [0.25, 0.3) is 0 Å². The molecule has 0 amide bonds. The minimum absolute atomic E-state index is 0. The van der Waals surface area contributed by atoms with Gasteiger partial charge in [-0.05, 0) is 30.7 Å². The van der Waals surface area contributed by atoms with Gasteiger partial charge in [-0.15, -0.1) is 25.6 Å². The summed E-state index contributed by atoms with van der Waals surface area (Å²) in [7, 11) is 0. The molecule has 0 aliphatic carbocycles. The zero-order valence-corrected chi connectivity index (χ0v) is 13.8. The Kier molecular flexibility index (Phi) is 6.77. The van der Waals surface area contributed by atoms with E-state index in [0.717, 1.165) is 31.7 Å². The lowest BCUT2D eigenvalue weighted by Crippen LogP contribution is -2.44. The van der Waals surface area contributed by atoms with Gasteiger partial charge in [0, 0.05) is 36.7 Å². The Labute approximate surface area is 136 Å². The molecule has 1 N–H and O–H groups in total. The highest BCUT2D eigenvalue weighted by atomic mass is 79.9. The van der Waals surface area contributed by atoms with Crippen molar-refractivity contribution in [3.8, 4) is 5.75 Å². The van der Waals surface area contributed by atoms with Gasteiger partial charge in [0.2, 0.25) is 0 Å². The minimum Gasteiger partial charge on any atom is -0.406 e. The average molecular weight is 390 g/mol. The first-order chi connectivity index (χ1) is 9.35. The van der Waals surface area contributed by atoms with Crippen LogP contribution in [0, 0.1) is 0 Å². The highest BCUT2D eigenvalue weighted by molar-refractivity contribution is 9.10. The molecule has 1 aliphatic heterocycles. The van der Waals surface area contributed by atoms with E-state index in [1.807, 2.05) is 13.0 Å². The summed E-state index contributed by atoms with van der Waals surface area (Å²) in [5.74, 6) is -0.191. The standard InChI is InChI=1S/C13H16BrF3N2O.ClH/c1-9(19-4-2-18-3-5-19)10-6-11(14)8-12(7-10)20-13(15,16)17;/h6-9,18H,2-5H2,1H3;1H/t9-;/m0./s1. The Morgan fingerprint density at radius 2 is 1.86 bits per heavy atom. The first kappa shape index (κ1) is 18.5. The molecule has 120 valence electrons. The summed E-state index contributed by atoms with van der Waals surface area (Å²) in [4.78, 5) is 2.23. The van der Waals surface area contributed by atoms with Crippen molar-refractivity contribution in [2.75, 3.05) is 26.2 Å². The topological polar surface area (TPSA) is 24.5 Å². The van der Waals surface area contributed by atoms with Crippen LogP contribution in [-0.2, 0) is 0 Å². The van der Waals surface area contributed by atoms with Gasteiger partial charge in [0.15, 0.2) is 0 Å². The van der Waals surface area contributed by atoms with Crippen molar-refractivity contribution in [3.63, 3.8) is 0 Å². The lowest BCUT2D eigenvalue weighted by atomic mass is 10.1. The third kappa shape index (κ3) is 5.65. The van der Waals surface area contributed by atoms with Gasteiger partial charge in [0.05, 0.1) is 0 Å². The summed E-state index contributed by atoms with van der Waals surface area (Å²) in [5, 5.41) is 3.25. The van der Waals surface area contributed by atoms with Crippen LogP contribution in [0.5, 0.6) is 5.75 Å². The summed E-state index contributed by atoms with van der Waals surface area (Å²) in [6.07, 6.45) is -4.67. The van der Waals surface area contributed by atoms with Crippen LogP contribution in [0.25, 0.3) is 0 Å². The van der Waals surface area contributed by atoms with Gasteiger partial charge >= 0.3 is 6.36 Å². The molecule has 21 heavy (non-hydrogen) atoms. The number of benzene rings is 1. The second-order valence-corrected chi connectivity index (χ2v) is 5.65. The van der Waals surface area contributed by atoms with Gasteiger partial charge in [0.1, 0.15) is 5.75 Å². The maximum absolute atomic E-state index is 12.3. The number of piperazine rings is 1. The number of rotatable bonds is 3. The zero-order chi connectivity index (χ0) is 14.8. The van der Waals surface area contributed by atoms with Gasteiger partial charge < -0.3 is 10.1 Å². The molecule has 1 saturated heterocycles. The Bertz CT molecular complexity index is 467. The summed E-state index contributed by atoms with van der Waals surface area (Å²) < 4.78 is 41.5. The van der Waals surface area contributed by atoms with E-state index in [1.54, 1.807) is 0 Å². The Balaban J connectivity index is 0.00000220. The molecule has 1 aromatic carbocycles. The van der Waals surface area contributed by atoms with Crippen LogP contribution in [0.3, 0.4) is 0 Å². The van der Waals surface area contributed by atoms with Crippen molar-refractivity contribution < 1.29 is 17.9 Å². The molecule has 1 heterocycles. The number of nitrogens with zero attached hydrogens (tertiary/aromatic N) is 1. The predicted octanol–water partition coefficient (Wildman–Crippen LogP) is 3.74. The van der Waals surface area contributed by atoms with Gasteiger partial charge in [-0.2, -0.15) is 0 Å². The number of hydrogen-bond donors (Lipinski definition) is 1. The fourth-order valence-corrected chi connectivity index (χ4v) is 2.79. The molecule has 1 aromatic rings. The maximum atomic E-state index is 12.3. The van der Waals surface area contributed by atoms with Crippen molar-refractivity contribution in [2.24, 2.45) is 0 Å². The Morgan fingerprint density at radius 1 is 1.24 bits per heavy atom. The van der Waals surface area contributed by atoms with E-state index < -0.39 is 6.36 Å². The van der Waals surface area contributed by atoms with E-state index in [0.29, 0.717) is 4.47 Å². The predicted molar refractivity (Wildman–Crippen MR) is 80.9 cm³/mol. The SMILES string of the molecule is C[C@@H](c1cc(Br)cc(OC(F)(F)F)c1)N1CCNCC1.Cl. The molecule has 2 rings (SSSR count). The van der Waals surface area contributed by atoms with Crippen LogP contribution < -0.4 is 10.1 Å². The molecule has 1 atom stereocenters. The van der Waals surface area contributed by atoms with Gasteiger partial charge in [-0.3, -0.25) is 4.90 Å². The van der Waals surface area contributed by atoms with E-state index in [4.69, 9.17) is 0 Å². The fourth-order valence-electron chi connectivity index (χ4n) is 2.30. The molecule has 0 bridgehead atoms. The van der Waals surface area contributed by atoms with Gasteiger partial charge in [-0.25, -0.2) is 0 Å². The second kappa shape index (κ2) is 7.67.